The summed E-state index contributed by atoms with van der Waals surface area (Å²) in [6, 6.07) is 1.60. The van der Waals surface area contributed by atoms with Gasteiger partial charge in [-0.1, -0.05) is 0 Å². The summed E-state index contributed by atoms with van der Waals surface area (Å²) >= 11 is 0. The van der Waals surface area contributed by atoms with Crippen LogP contribution in [0.2, 0.25) is 0 Å². The van der Waals surface area contributed by atoms with Crippen molar-refractivity contribution in [1.29, 1.82) is 0 Å². The average Bonchev–Trinajstić information content (AvgIpc) is 2.07. The molecule has 1 rings (SSSR count). The van der Waals surface area contributed by atoms with Crippen LogP contribution in [0.4, 0.5) is 13.2 Å². The zero-order valence-electron chi connectivity index (χ0n) is 6.67. The van der Waals surface area contributed by atoms with Gasteiger partial charge in [0, 0.05) is 5.56 Å². The van der Waals surface area contributed by atoms with Crippen LogP contribution in [-0.4, -0.2) is 16.5 Å². The third-order valence-electron chi connectivity index (χ3n) is 1.60. The largest absolute Gasteiger partial charge is 0.504 e. The molecule has 1 aromatic rings. The molecular weight excluding hydrogens is 201 g/mol. The summed E-state index contributed by atoms with van der Waals surface area (Å²) in [6.45, 7) is 0. The van der Waals surface area contributed by atoms with E-state index >= 15 is 0 Å². The van der Waals surface area contributed by atoms with E-state index in [1.54, 1.807) is 0 Å². The van der Waals surface area contributed by atoms with Gasteiger partial charge in [0.1, 0.15) is 5.56 Å². The van der Waals surface area contributed by atoms with Gasteiger partial charge in [-0.15, -0.1) is 0 Å². The first kappa shape index (κ1) is 10.4. The number of carbonyl (C=O) groups is 1. The van der Waals surface area contributed by atoms with Crippen molar-refractivity contribution in [3.05, 3.63) is 23.3 Å². The van der Waals surface area contributed by atoms with Gasteiger partial charge in [0.2, 0.25) is 0 Å². The molecule has 0 aliphatic carbocycles. The van der Waals surface area contributed by atoms with Crippen molar-refractivity contribution in [3.63, 3.8) is 0 Å². The number of alkyl halides is 3. The highest BCUT2D eigenvalue weighted by Gasteiger charge is 2.37. The molecule has 0 spiro atoms. The van der Waals surface area contributed by atoms with E-state index in [1.165, 1.54) is 0 Å². The second-order valence-electron chi connectivity index (χ2n) is 2.51. The molecule has 0 atom stereocenters. The first-order valence-corrected chi connectivity index (χ1v) is 3.45. The molecule has 6 heteroatoms. The number of rotatable bonds is 1. The highest BCUT2D eigenvalue weighted by molar-refractivity contribution is 5.80. The monoisotopic (exact) mass is 206 g/mol. The molecule has 0 aliphatic heterocycles. The molecular formula is C8H5F3O3. The third-order valence-corrected chi connectivity index (χ3v) is 1.60. The van der Waals surface area contributed by atoms with Crippen molar-refractivity contribution in [2.75, 3.05) is 0 Å². The minimum Gasteiger partial charge on any atom is -0.504 e. The number of phenols is 2. The van der Waals surface area contributed by atoms with Crippen LogP contribution in [0, 0.1) is 0 Å². The Balaban J connectivity index is 3.51. The average molecular weight is 206 g/mol. The molecule has 0 aromatic heterocycles. The van der Waals surface area contributed by atoms with Gasteiger partial charge >= 0.3 is 6.18 Å². The summed E-state index contributed by atoms with van der Waals surface area (Å²) in [7, 11) is 0. The maximum Gasteiger partial charge on any atom is 0.420 e. The minimum atomic E-state index is -4.88. The Morgan fingerprint density at radius 1 is 1.21 bits per heavy atom. The van der Waals surface area contributed by atoms with Crippen LogP contribution in [0.15, 0.2) is 12.1 Å². The molecule has 0 heterocycles. The van der Waals surface area contributed by atoms with E-state index < -0.39 is 28.8 Å². The van der Waals surface area contributed by atoms with Gasteiger partial charge in [-0.3, -0.25) is 4.79 Å². The van der Waals surface area contributed by atoms with Gasteiger partial charge in [-0.25, -0.2) is 0 Å². The van der Waals surface area contributed by atoms with Crippen molar-refractivity contribution in [1.82, 2.24) is 0 Å². The van der Waals surface area contributed by atoms with Crippen molar-refractivity contribution in [2.45, 2.75) is 6.18 Å². The van der Waals surface area contributed by atoms with Crippen LogP contribution >= 0.6 is 0 Å². The summed E-state index contributed by atoms with van der Waals surface area (Å²) in [5, 5.41) is 17.7. The molecule has 0 bridgehead atoms. The second-order valence-corrected chi connectivity index (χ2v) is 2.51. The van der Waals surface area contributed by atoms with Crippen LogP contribution in [0.3, 0.4) is 0 Å². The van der Waals surface area contributed by atoms with Gasteiger partial charge in [0.25, 0.3) is 0 Å². The van der Waals surface area contributed by atoms with Crippen LogP contribution < -0.4 is 0 Å². The first-order valence-electron chi connectivity index (χ1n) is 3.45. The van der Waals surface area contributed by atoms with Gasteiger partial charge < -0.3 is 10.2 Å². The molecule has 0 unspecified atom stereocenters. The number of aldehydes is 1. The maximum atomic E-state index is 12.2. The van der Waals surface area contributed by atoms with E-state index in [0.29, 0.717) is 0 Å². The minimum absolute atomic E-state index is 0.0397. The zero-order chi connectivity index (χ0) is 10.9. The Labute approximate surface area is 76.4 Å². The van der Waals surface area contributed by atoms with Crippen molar-refractivity contribution < 1.29 is 28.2 Å². The quantitative estimate of drug-likeness (QED) is 0.545. The lowest BCUT2D eigenvalue weighted by atomic mass is 10.1. The molecule has 3 nitrogen and oxygen atoms in total. The maximum absolute atomic E-state index is 12.2. The lowest BCUT2D eigenvalue weighted by Gasteiger charge is -2.11. The van der Waals surface area contributed by atoms with E-state index in [-0.39, 0.29) is 6.29 Å². The molecule has 0 fully saturated rings. The molecule has 1 aromatic carbocycles. The van der Waals surface area contributed by atoms with Crippen LogP contribution in [0.25, 0.3) is 0 Å². The van der Waals surface area contributed by atoms with Crippen LogP contribution in [0.5, 0.6) is 11.5 Å². The van der Waals surface area contributed by atoms with Crippen LogP contribution in [0.1, 0.15) is 15.9 Å². The number of aromatic hydroxyl groups is 2. The first-order chi connectivity index (χ1) is 6.38. The van der Waals surface area contributed by atoms with Gasteiger partial charge in [-0.2, -0.15) is 13.2 Å². The van der Waals surface area contributed by atoms with Gasteiger partial charge in [0.15, 0.2) is 17.8 Å². The Kier molecular flexibility index (Phi) is 2.37. The Bertz CT molecular complexity index is 371. The fourth-order valence-electron chi connectivity index (χ4n) is 0.992. The Morgan fingerprint density at radius 3 is 2.21 bits per heavy atom. The Morgan fingerprint density at radius 2 is 1.79 bits per heavy atom. The topological polar surface area (TPSA) is 57.5 Å². The summed E-state index contributed by atoms with van der Waals surface area (Å²) in [5.74, 6) is -2.25. The van der Waals surface area contributed by atoms with E-state index in [9.17, 15) is 18.0 Å². The van der Waals surface area contributed by atoms with E-state index in [1.807, 2.05) is 0 Å². The second kappa shape index (κ2) is 3.21. The van der Waals surface area contributed by atoms with Crippen LogP contribution in [-0.2, 0) is 6.18 Å². The van der Waals surface area contributed by atoms with Gasteiger partial charge in [0.05, 0.1) is 0 Å². The van der Waals surface area contributed by atoms with E-state index in [2.05, 4.69) is 0 Å². The lowest BCUT2D eigenvalue weighted by molar-refractivity contribution is -0.139. The molecule has 0 saturated carbocycles. The summed E-state index contributed by atoms with van der Waals surface area (Å²) in [5.41, 5.74) is -2.24. The number of carbonyl (C=O) groups excluding carboxylic acids is 1. The van der Waals surface area contributed by atoms with E-state index in [0.717, 1.165) is 12.1 Å². The molecule has 0 amide bonds. The highest BCUT2D eigenvalue weighted by Crippen LogP contribution is 2.41. The Hall–Kier alpha value is -1.72. The molecule has 0 saturated heterocycles. The lowest BCUT2D eigenvalue weighted by Crippen LogP contribution is -2.09. The smallest absolute Gasteiger partial charge is 0.420 e. The number of benzene rings is 1. The normalized spacial score (nSPS) is 11.4. The SMILES string of the molecule is O=Cc1ccc(O)c(O)c1C(F)(F)F. The molecule has 14 heavy (non-hydrogen) atoms. The molecule has 76 valence electrons. The van der Waals surface area contributed by atoms with Gasteiger partial charge in [-0.05, 0) is 12.1 Å². The highest BCUT2D eigenvalue weighted by atomic mass is 19.4. The number of hydrogen-bond acceptors (Lipinski definition) is 3. The fraction of sp³-hybridized carbons (Fsp3) is 0.125. The summed E-state index contributed by atoms with van der Waals surface area (Å²) in [4.78, 5) is 10.2. The fourth-order valence-corrected chi connectivity index (χ4v) is 0.992. The number of halogens is 3. The summed E-state index contributed by atoms with van der Waals surface area (Å²) in [6.07, 6.45) is -4.92. The number of hydrogen-bond donors (Lipinski definition) is 2. The zero-order valence-corrected chi connectivity index (χ0v) is 6.67. The predicted octanol–water partition coefficient (Wildman–Crippen LogP) is 1.93. The number of phenolic OH excluding ortho intramolecular Hbond substituents is 2. The standard InChI is InChI=1S/C8H5F3O3/c9-8(10,11)6-4(3-12)1-2-5(13)7(6)14/h1-3,13-14H. The summed E-state index contributed by atoms with van der Waals surface area (Å²) < 4.78 is 36.7. The van der Waals surface area contributed by atoms with Crippen molar-refractivity contribution >= 4 is 6.29 Å². The third kappa shape index (κ3) is 1.63. The van der Waals surface area contributed by atoms with Crippen molar-refractivity contribution in [2.24, 2.45) is 0 Å². The predicted molar refractivity (Wildman–Crippen MR) is 40.2 cm³/mol. The van der Waals surface area contributed by atoms with E-state index in [4.69, 9.17) is 10.2 Å². The van der Waals surface area contributed by atoms with Crippen molar-refractivity contribution in [3.8, 4) is 11.5 Å². The molecule has 0 radical (unpaired) electrons. The molecule has 0 aliphatic rings. The molecule has 2 N–H and O–H groups in total.